The normalized spacial score (nSPS) is 10.2. The van der Waals surface area contributed by atoms with Crippen LogP contribution < -0.4 is 10.5 Å². The van der Waals surface area contributed by atoms with Gasteiger partial charge in [0.15, 0.2) is 0 Å². The second-order valence-electron chi connectivity index (χ2n) is 4.24. The second kappa shape index (κ2) is 6.98. The topological polar surface area (TPSA) is 57.4 Å². The molecular formula is C15H16N2O2S. The van der Waals surface area contributed by atoms with Crippen LogP contribution in [-0.4, -0.2) is 23.7 Å². The van der Waals surface area contributed by atoms with E-state index in [1.54, 1.807) is 25.4 Å². The molecule has 0 radical (unpaired) electrons. The predicted molar refractivity (Wildman–Crippen MR) is 82.2 cm³/mol. The second-order valence-corrected chi connectivity index (χ2v) is 4.68. The lowest BCUT2D eigenvalue weighted by Crippen LogP contribution is -2.09. The molecular weight excluding hydrogens is 272 g/mol. The Morgan fingerprint density at radius 2 is 1.95 bits per heavy atom. The molecule has 4 nitrogen and oxygen atoms in total. The highest BCUT2D eigenvalue weighted by molar-refractivity contribution is 7.80. The van der Waals surface area contributed by atoms with Crippen LogP contribution in [0.3, 0.4) is 0 Å². The first kappa shape index (κ1) is 14.4. The number of rotatable bonds is 6. The van der Waals surface area contributed by atoms with Gasteiger partial charge in [-0.3, -0.25) is 0 Å². The number of benzene rings is 1. The maximum atomic E-state index is 5.65. The van der Waals surface area contributed by atoms with E-state index in [-0.39, 0.29) is 0 Å². The minimum Gasteiger partial charge on any atom is -0.439 e. The molecule has 2 N–H and O–H groups in total. The van der Waals surface area contributed by atoms with Crippen molar-refractivity contribution in [2.24, 2.45) is 5.73 Å². The fourth-order valence-electron chi connectivity index (χ4n) is 1.65. The summed E-state index contributed by atoms with van der Waals surface area (Å²) in [6.45, 7) is 0.711. The molecule has 104 valence electrons. The largest absolute Gasteiger partial charge is 0.439 e. The molecule has 0 amide bonds. The van der Waals surface area contributed by atoms with E-state index in [1.165, 1.54) is 5.56 Å². The van der Waals surface area contributed by atoms with Crippen LogP contribution in [0.5, 0.6) is 11.6 Å². The molecule has 20 heavy (non-hydrogen) atoms. The quantitative estimate of drug-likeness (QED) is 0.828. The fraction of sp³-hybridized carbons (Fsp3) is 0.200. The Balaban J connectivity index is 2.00. The number of hydrogen-bond donors (Lipinski definition) is 1. The fourth-order valence-corrected chi connectivity index (χ4v) is 1.77. The van der Waals surface area contributed by atoms with Crippen LogP contribution in [-0.2, 0) is 11.2 Å². The van der Waals surface area contributed by atoms with Crippen molar-refractivity contribution in [1.82, 2.24) is 4.98 Å². The van der Waals surface area contributed by atoms with Gasteiger partial charge < -0.3 is 15.2 Å². The SMILES string of the molecule is COCCc1ccc(Oc2ccc(C(N)=S)cn2)cc1. The third-order valence-corrected chi connectivity index (χ3v) is 3.00. The van der Waals surface area contributed by atoms with E-state index >= 15 is 0 Å². The van der Waals surface area contributed by atoms with E-state index in [4.69, 9.17) is 27.4 Å². The van der Waals surface area contributed by atoms with Crippen LogP contribution in [0, 0.1) is 0 Å². The monoisotopic (exact) mass is 288 g/mol. The molecule has 0 unspecified atom stereocenters. The number of nitrogens with zero attached hydrogens (tertiary/aromatic N) is 1. The van der Waals surface area contributed by atoms with E-state index in [9.17, 15) is 0 Å². The van der Waals surface area contributed by atoms with Crippen molar-refractivity contribution < 1.29 is 9.47 Å². The molecule has 0 aliphatic rings. The molecule has 0 spiro atoms. The molecule has 1 aromatic carbocycles. The van der Waals surface area contributed by atoms with Gasteiger partial charge in [0, 0.05) is 24.9 Å². The standard InChI is InChI=1S/C15H16N2O2S/c1-18-9-8-11-2-5-13(6-3-11)19-14-7-4-12(10-17-14)15(16)20/h2-7,10H,8-9H2,1H3,(H2,16,20). The molecule has 0 aliphatic carbocycles. The van der Waals surface area contributed by atoms with Gasteiger partial charge in [0.05, 0.1) is 6.61 Å². The van der Waals surface area contributed by atoms with Crippen molar-refractivity contribution in [3.8, 4) is 11.6 Å². The van der Waals surface area contributed by atoms with Crippen molar-refractivity contribution in [3.05, 3.63) is 53.7 Å². The molecule has 0 bridgehead atoms. The molecule has 2 rings (SSSR count). The third kappa shape index (κ3) is 4.01. The molecule has 2 aromatic rings. The van der Waals surface area contributed by atoms with Gasteiger partial charge in [-0.2, -0.15) is 0 Å². The first-order valence-corrected chi connectivity index (χ1v) is 6.61. The van der Waals surface area contributed by atoms with Crippen LogP contribution >= 0.6 is 12.2 Å². The van der Waals surface area contributed by atoms with Crippen molar-refractivity contribution in [2.45, 2.75) is 6.42 Å². The molecule has 1 heterocycles. The summed E-state index contributed by atoms with van der Waals surface area (Å²) in [7, 11) is 1.69. The Hall–Kier alpha value is -1.98. The summed E-state index contributed by atoms with van der Waals surface area (Å²) in [4.78, 5) is 4.48. The van der Waals surface area contributed by atoms with Crippen LogP contribution in [0.15, 0.2) is 42.6 Å². The maximum absolute atomic E-state index is 5.65. The van der Waals surface area contributed by atoms with Crippen LogP contribution in [0.1, 0.15) is 11.1 Å². The summed E-state index contributed by atoms with van der Waals surface area (Å²) in [5.41, 5.74) is 7.44. The molecule has 0 saturated heterocycles. The van der Waals surface area contributed by atoms with E-state index in [2.05, 4.69) is 4.98 Å². The summed E-state index contributed by atoms with van der Waals surface area (Å²) in [6, 6.07) is 11.4. The first-order valence-electron chi connectivity index (χ1n) is 6.20. The lowest BCUT2D eigenvalue weighted by molar-refractivity contribution is 0.202. The van der Waals surface area contributed by atoms with Gasteiger partial charge in [0.25, 0.3) is 0 Å². The van der Waals surface area contributed by atoms with E-state index in [1.807, 2.05) is 24.3 Å². The highest BCUT2D eigenvalue weighted by Crippen LogP contribution is 2.20. The van der Waals surface area contributed by atoms with Gasteiger partial charge in [-0.25, -0.2) is 4.98 Å². The summed E-state index contributed by atoms with van der Waals surface area (Å²) in [6.07, 6.45) is 2.49. The molecule has 0 aliphatic heterocycles. The van der Waals surface area contributed by atoms with Gasteiger partial charge in [-0.1, -0.05) is 24.4 Å². The number of ether oxygens (including phenoxy) is 2. The molecule has 0 atom stereocenters. The lowest BCUT2D eigenvalue weighted by atomic mass is 10.1. The van der Waals surface area contributed by atoms with Gasteiger partial charge in [0.2, 0.25) is 5.88 Å². The predicted octanol–water partition coefficient (Wildman–Crippen LogP) is 2.70. The zero-order chi connectivity index (χ0) is 14.4. The van der Waals surface area contributed by atoms with E-state index in [0.717, 1.165) is 17.7 Å². The average Bonchev–Trinajstić information content (AvgIpc) is 2.47. The van der Waals surface area contributed by atoms with Crippen LogP contribution in [0.4, 0.5) is 0 Å². The van der Waals surface area contributed by atoms with E-state index < -0.39 is 0 Å². The zero-order valence-electron chi connectivity index (χ0n) is 11.2. The number of thiocarbonyl (C=S) groups is 1. The van der Waals surface area contributed by atoms with Crippen molar-refractivity contribution in [2.75, 3.05) is 13.7 Å². The van der Waals surface area contributed by atoms with Crippen molar-refractivity contribution in [3.63, 3.8) is 0 Å². The molecule has 0 fully saturated rings. The number of methoxy groups -OCH3 is 1. The average molecular weight is 288 g/mol. The Bertz CT molecular complexity index is 567. The van der Waals surface area contributed by atoms with E-state index in [0.29, 0.717) is 17.5 Å². The smallest absolute Gasteiger partial charge is 0.219 e. The number of nitrogens with two attached hydrogens (primary N) is 1. The van der Waals surface area contributed by atoms with Gasteiger partial charge >= 0.3 is 0 Å². The summed E-state index contributed by atoms with van der Waals surface area (Å²) in [5, 5.41) is 0. The molecule has 5 heteroatoms. The number of pyridine rings is 1. The van der Waals surface area contributed by atoms with Gasteiger partial charge in [0.1, 0.15) is 10.7 Å². The Labute approximate surface area is 123 Å². The van der Waals surface area contributed by atoms with Gasteiger partial charge in [-0.05, 0) is 30.2 Å². The summed E-state index contributed by atoms with van der Waals surface area (Å²) < 4.78 is 10.7. The number of hydrogen-bond acceptors (Lipinski definition) is 4. The highest BCUT2D eigenvalue weighted by atomic mass is 32.1. The van der Waals surface area contributed by atoms with Crippen molar-refractivity contribution >= 4 is 17.2 Å². The lowest BCUT2D eigenvalue weighted by Gasteiger charge is -2.06. The van der Waals surface area contributed by atoms with Gasteiger partial charge in [-0.15, -0.1) is 0 Å². The first-order chi connectivity index (χ1) is 9.69. The third-order valence-electron chi connectivity index (χ3n) is 2.76. The highest BCUT2D eigenvalue weighted by Gasteiger charge is 2.01. The summed E-state index contributed by atoms with van der Waals surface area (Å²) in [5.74, 6) is 1.25. The molecule has 1 aromatic heterocycles. The summed E-state index contributed by atoms with van der Waals surface area (Å²) >= 11 is 4.87. The molecule has 0 saturated carbocycles. The van der Waals surface area contributed by atoms with Crippen LogP contribution in [0.25, 0.3) is 0 Å². The minimum absolute atomic E-state index is 0.326. The van der Waals surface area contributed by atoms with Crippen LogP contribution in [0.2, 0.25) is 0 Å². The Morgan fingerprint density at radius 3 is 2.50 bits per heavy atom. The minimum atomic E-state index is 0.326. The van der Waals surface area contributed by atoms with Crippen molar-refractivity contribution in [1.29, 1.82) is 0 Å². The zero-order valence-corrected chi connectivity index (χ0v) is 12.0. The number of aromatic nitrogens is 1. The maximum Gasteiger partial charge on any atom is 0.219 e. The Kier molecular flexibility index (Phi) is 5.03. The Morgan fingerprint density at radius 1 is 1.20 bits per heavy atom.